The number of hydrogen-bond acceptors (Lipinski definition) is 5. The first kappa shape index (κ1) is 14.6. The van der Waals surface area contributed by atoms with Gasteiger partial charge >= 0.3 is 0 Å². The smallest absolute Gasteiger partial charge is 0.145 e. The van der Waals surface area contributed by atoms with Crippen molar-refractivity contribution < 1.29 is 0 Å². The van der Waals surface area contributed by atoms with E-state index in [9.17, 15) is 0 Å². The first-order chi connectivity index (χ1) is 10.9. The van der Waals surface area contributed by atoms with Crippen molar-refractivity contribution >= 4 is 17.6 Å². The molecule has 2 heterocycles. The van der Waals surface area contributed by atoms with Gasteiger partial charge in [-0.15, -0.1) is 11.8 Å². The first-order valence-electron chi connectivity index (χ1n) is 7.10. The SMILES string of the molecule is c1ccc(CSc2cncc(NCCn3cccn3)n2)cc1. The van der Waals surface area contributed by atoms with Gasteiger partial charge in [-0.1, -0.05) is 30.3 Å². The molecule has 6 heteroatoms. The topological polar surface area (TPSA) is 55.6 Å². The third kappa shape index (κ3) is 4.33. The van der Waals surface area contributed by atoms with Crippen molar-refractivity contribution in [3.05, 3.63) is 66.7 Å². The van der Waals surface area contributed by atoms with Crippen LogP contribution in [0.1, 0.15) is 5.56 Å². The second-order valence-corrected chi connectivity index (χ2v) is 5.71. The summed E-state index contributed by atoms with van der Waals surface area (Å²) in [6.45, 7) is 1.57. The Morgan fingerprint density at radius 3 is 2.82 bits per heavy atom. The highest BCUT2D eigenvalue weighted by Gasteiger charge is 2.01. The van der Waals surface area contributed by atoms with Gasteiger partial charge in [0.15, 0.2) is 0 Å². The highest BCUT2D eigenvalue weighted by atomic mass is 32.2. The van der Waals surface area contributed by atoms with Crippen LogP contribution in [0, 0.1) is 0 Å². The molecule has 0 saturated carbocycles. The molecule has 0 aliphatic carbocycles. The molecule has 0 saturated heterocycles. The lowest BCUT2D eigenvalue weighted by atomic mass is 10.2. The molecule has 0 fully saturated rings. The van der Waals surface area contributed by atoms with Crippen LogP contribution >= 0.6 is 11.8 Å². The summed E-state index contributed by atoms with van der Waals surface area (Å²) in [6.07, 6.45) is 7.27. The second kappa shape index (κ2) is 7.61. The van der Waals surface area contributed by atoms with Crippen LogP contribution in [0.2, 0.25) is 0 Å². The zero-order chi connectivity index (χ0) is 15.0. The molecule has 0 amide bonds. The standard InChI is InChI=1S/C16H17N5S/c1-2-5-14(6-3-1)13-22-16-12-17-11-15(20-16)18-8-10-21-9-4-7-19-21/h1-7,9,11-12H,8,10,13H2,(H,18,20). The Morgan fingerprint density at radius 1 is 1.09 bits per heavy atom. The number of thioether (sulfide) groups is 1. The molecule has 0 spiro atoms. The van der Waals surface area contributed by atoms with E-state index in [-0.39, 0.29) is 0 Å². The van der Waals surface area contributed by atoms with Gasteiger partial charge in [0.2, 0.25) is 0 Å². The van der Waals surface area contributed by atoms with Crippen LogP contribution < -0.4 is 5.32 Å². The molecule has 112 valence electrons. The average molecular weight is 311 g/mol. The number of nitrogens with one attached hydrogen (secondary N) is 1. The zero-order valence-electron chi connectivity index (χ0n) is 12.1. The highest BCUT2D eigenvalue weighted by Crippen LogP contribution is 2.20. The van der Waals surface area contributed by atoms with Gasteiger partial charge in [0.25, 0.3) is 0 Å². The minimum Gasteiger partial charge on any atom is -0.367 e. The van der Waals surface area contributed by atoms with Gasteiger partial charge in [-0.2, -0.15) is 5.10 Å². The first-order valence-corrected chi connectivity index (χ1v) is 8.09. The Balaban J connectivity index is 1.51. The van der Waals surface area contributed by atoms with Crippen LogP contribution in [0.3, 0.4) is 0 Å². The highest BCUT2D eigenvalue weighted by molar-refractivity contribution is 7.98. The predicted octanol–water partition coefficient (Wildman–Crippen LogP) is 3.08. The lowest BCUT2D eigenvalue weighted by molar-refractivity contribution is 0.636. The number of benzene rings is 1. The Labute approximate surface area is 133 Å². The van der Waals surface area contributed by atoms with Gasteiger partial charge in [-0.3, -0.25) is 9.67 Å². The molecular formula is C16H17N5S. The molecule has 0 aliphatic rings. The van der Waals surface area contributed by atoms with Crippen molar-refractivity contribution in [3.63, 3.8) is 0 Å². The normalized spacial score (nSPS) is 10.5. The van der Waals surface area contributed by atoms with Crippen molar-refractivity contribution in [2.45, 2.75) is 17.3 Å². The molecule has 3 rings (SSSR count). The molecular weight excluding hydrogens is 294 g/mol. The monoisotopic (exact) mass is 311 g/mol. The Hall–Kier alpha value is -2.34. The lowest BCUT2D eigenvalue weighted by Gasteiger charge is -2.07. The molecule has 0 unspecified atom stereocenters. The number of aromatic nitrogens is 4. The van der Waals surface area contributed by atoms with Crippen molar-refractivity contribution in [1.82, 2.24) is 19.7 Å². The van der Waals surface area contributed by atoms with Gasteiger partial charge in [-0.25, -0.2) is 4.98 Å². The van der Waals surface area contributed by atoms with E-state index < -0.39 is 0 Å². The Morgan fingerprint density at radius 2 is 2.00 bits per heavy atom. The quantitative estimate of drug-likeness (QED) is 0.680. The summed E-state index contributed by atoms with van der Waals surface area (Å²) in [7, 11) is 0. The zero-order valence-corrected chi connectivity index (χ0v) is 12.9. The summed E-state index contributed by atoms with van der Waals surface area (Å²) in [4.78, 5) is 8.81. The van der Waals surface area contributed by atoms with E-state index in [2.05, 4.69) is 44.6 Å². The van der Waals surface area contributed by atoms with E-state index >= 15 is 0 Å². The summed E-state index contributed by atoms with van der Waals surface area (Å²) in [5, 5.41) is 8.36. The number of anilines is 1. The van der Waals surface area contributed by atoms with Crippen LogP contribution in [-0.4, -0.2) is 26.3 Å². The van der Waals surface area contributed by atoms with Crippen molar-refractivity contribution in [2.24, 2.45) is 0 Å². The van der Waals surface area contributed by atoms with Crippen LogP contribution in [0.25, 0.3) is 0 Å². The van der Waals surface area contributed by atoms with Crippen LogP contribution in [-0.2, 0) is 12.3 Å². The van der Waals surface area contributed by atoms with E-state index in [0.717, 1.165) is 29.7 Å². The molecule has 5 nitrogen and oxygen atoms in total. The largest absolute Gasteiger partial charge is 0.367 e. The third-order valence-corrected chi connectivity index (χ3v) is 4.02. The molecule has 3 aromatic rings. The van der Waals surface area contributed by atoms with Crippen molar-refractivity contribution in [3.8, 4) is 0 Å². The van der Waals surface area contributed by atoms with Crippen molar-refractivity contribution in [1.29, 1.82) is 0 Å². The fourth-order valence-corrected chi connectivity index (χ4v) is 2.77. The van der Waals surface area contributed by atoms with E-state index in [1.54, 1.807) is 30.4 Å². The van der Waals surface area contributed by atoms with Gasteiger partial charge < -0.3 is 5.32 Å². The maximum atomic E-state index is 4.57. The van der Waals surface area contributed by atoms with Crippen LogP contribution in [0.4, 0.5) is 5.82 Å². The maximum absolute atomic E-state index is 4.57. The van der Waals surface area contributed by atoms with Gasteiger partial charge in [0, 0.05) is 24.7 Å². The maximum Gasteiger partial charge on any atom is 0.145 e. The minimum absolute atomic E-state index is 0.767. The Bertz CT molecular complexity index is 685. The predicted molar refractivity (Wildman–Crippen MR) is 88.8 cm³/mol. The molecule has 2 aromatic heterocycles. The summed E-state index contributed by atoms with van der Waals surface area (Å²) >= 11 is 1.69. The molecule has 0 aliphatic heterocycles. The summed E-state index contributed by atoms with van der Waals surface area (Å²) in [5.41, 5.74) is 1.28. The minimum atomic E-state index is 0.767. The summed E-state index contributed by atoms with van der Waals surface area (Å²) in [6, 6.07) is 12.3. The van der Waals surface area contributed by atoms with E-state index in [1.807, 2.05) is 23.0 Å². The van der Waals surface area contributed by atoms with Crippen LogP contribution in [0.5, 0.6) is 0 Å². The second-order valence-electron chi connectivity index (χ2n) is 4.71. The number of hydrogen-bond donors (Lipinski definition) is 1. The average Bonchev–Trinajstić information content (AvgIpc) is 3.08. The molecule has 0 radical (unpaired) electrons. The van der Waals surface area contributed by atoms with Crippen molar-refractivity contribution in [2.75, 3.05) is 11.9 Å². The Kier molecular flexibility index (Phi) is 5.04. The summed E-state index contributed by atoms with van der Waals surface area (Å²) in [5.74, 6) is 1.69. The fraction of sp³-hybridized carbons (Fsp3) is 0.188. The number of rotatable bonds is 7. The molecule has 22 heavy (non-hydrogen) atoms. The van der Waals surface area contributed by atoms with E-state index in [4.69, 9.17) is 0 Å². The third-order valence-electron chi connectivity index (χ3n) is 3.05. The van der Waals surface area contributed by atoms with Gasteiger partial charge in [0.05, 0.1) is 18.9 Å². The summed E-state index contributed by atoms with van der Waals surface area (Å²) < 4.78 is 1.88. The molecule has 1 aromatic carbocycles. The molecule has 1 N–H and O–H groups in total. The van der Waals surface area contributed by atoms with Crippen LogP contribution in [0.15, 0.2) is 66.2 Å². The molecule has 0 bridgehead atoms. The lowest BCUT2D eigenvalue weighted by Crippen LogP contribution is -2.11. The van der Waals surface area contributed by atoms with Gasteiger partial charge in [-0.05, 0) is 11.6 Å². The van der Waals surface area contributed by atoms with E-state index in [0.29, 0.717) is 0 Å². The number of nitrogens with zero attached hydrogens (tertiary/aromatic N) is 4. The van der Waals surface area contributed by atoms with Gasteiger partial charge in [0.1, 0.15) is 10.8 Å². The van der Waals surface area contributed by atoms with E-state index in [1.165, 1.54) is 5.56 Å². The fourth-order valence-electron chi connectivity index (χ4n) is 1.97. The molecule has 0 atom stereocenters.